The second kappa shape index (κ2) is 12.0. The number of hydrogen-bond acceptors (Lipinski definition) is 3. The third-order valence-corrected chi connectivity index (χ3v) is 6.47. The highest BCUT2D eigenvalue weighted by atomic mass is 16.2. The van der Waals surface area contributed by atoms with Gasteiger partial charge in [-0.05, 0) is 53.5 Å². The van der Waals surface area contributed by atoms with Crippen LogP contribution in [0.25, 0.3) is 11.1 Å². The minimum absolute atomic E-state index is 0.0153. The van der Waals surface area contributed by atoms with Gasteiger partial charge in [-0.15, -0.1) is 0 Å². The van der Waals surface area contributed by atoms with Gasteiger partial charge in [0.2, 0.25) is 11.8 Å². The molecule has 1 aliphatic rings. The number of aryl methyl sites for hydroxylation is 1. The van der Waals surface area contributed by atoms with E-state index in [1.165, 1.54) is 5.56 Å². The van der Waals surface area contributed by atoms with E-state index in [0.717, 1.165) is 35.1 Å². The summed E-state index contributed by atoms with van der Waals surface area (Å²) >= 11 is 0. The zero-order valence-corrected chi connectivity index (χ0v) is 20.3. The Morgan fingerprint density at radius 2 is 1.61 bits per heavy atom. The van der Waals surface area contributed by atoms with Gasteiger partial charge in [0.15, 0.2) is 5.96 Å². The van der Waals surface area contributed by atoms with Crippen molar-refractivity contribution in [2.24, 2.45) is 16.5 Å². The second-order valence-corrected chi connectivity index (χ2v) is 9.11. The Kier molecular flexibility index (Phi) is 8.34. The first-order valence-corrected chi connectivity index (χ1v) is 12.4. The highest BCUT2D eigenvalue weighted by Gasteiger charge is 2.27. The predicted molar refractivity (Wildman–Crippen MR) is 143 cm³/mol. The van der Waals surface area contributed by atoms with Gasteiger partial charge in [0.05, 0.1) is 12.5 Å². The molecule has 0 aromatic heterocycles. The molecule has 2 atom stereocenters. The Morgan fingerprint density at radius 1 is 0.917 bits per heavy atom. The number of amides is 2. The minimum Gasteiger partial charge on any atom is -0.370 e. The fourth-order valence-corrected chi connectivity index (χ4v) is 4.63. The largest absolute Gasteiger partial charge is 0.370 e. The van der Waals surface area contributed by atoms with Crippen molar-refractivity contribution in [3.05, 3.63) is 95.6 Å². The average Bonchev–Trinajstić information content (AvgIpc) is 3.29. The number of benzene rings is 3. The van der Waals surface area contributed by atoms with Gasteiger partial charge in [-0.25, -0.2) is 0 Å². The van der Waals surface area contributed by atoms with Gasteiger partial charge in [0.1, 0.15) is 6.04 Å². The second-order valence-electron chi connectivity index (χ2n) is 9.11. The molecular formula is C29H33N5O2. The number of rotatable bonds is 10. The molecule has 1 aliphatic carbocycles. The third-order valence-electron chi connectivity index (χ3n) is 6.47. The summed E-state index contributed by atoms with van der Waals surface area (Å²) < 4.78 is 0. The van der Waals surface area contributed by atoms with Crippen LogP contribution < -0.4 is 22.1 Å². The number of aliphatic imine (C=N–C) groups is 1. The molecule has 2 amide bonds. The molecule has 0 saturated carbocycles. The maximum absolute atomic E-state index is 13.2. The van der Waals surface area contributed by atoms with Crippen LogP contribution >= 0.6 is 0 Å². The van der Waals surface area contributed by atoms with E-state index < -0.39 is 6.04 Å². The van der Waals surface area contributed by atoms with Gasteiger partial charge in [-0.3, -0.25) is 14.6 Å². The van der Waals surface area contributed by atoms with Gasteiger partial charge >= 0.3 is 0 Å². The van der Waals surface area contributed by atoms with Gasteiger partial charge < -0.3 is 22.1 Å². The summed E-state index contributed by atoms with van der Waals surface area (Å²) in [5.41, 5.74) is 16.3. The predicted octanol–water partition coefficient (Wildman–Crippen LogP) is 3.24. The Hall–Kier alpha value is -4.13. The van der Waals surface area contributed by atoms with E-state index in [4.69, 9.17) is 11.5 Å². The topological polar surface area (TPSA) is 123 Å². The smallest absolute Gasteiger partial charge is 0.243 e. The van der Waals surface area contributed by atoms with Crippen LogP contribution in [0.3, 0.4) is 0 Å². The van der Waals surface area contributed by atoms with Crippen LogP contribution in [-0.2, 0) is 22.4 Å². The molecule has 0 heterocycles. The first-order chi connectivity index (χ1) is 17.5. The van der Waals surface area contributed by atoms with E-state index >= 15 is 0 Å². The molecule has 4 rings (SSSR count). The van der Waals surface area contributed by atoms with E-state index in [-0.39, 0.29) is 30.2 Å². The summed E-state index contributed by atoms with van der Waals surface area (Å²) in [5.74, 6) is -0.369. The molecule has 3 aromatic carbocycles. The van der Waals surface area contributed by atoms with Crippen molar-refractivity contribution in [2.75, 3.05) is 6.54 Å². The van der Waals surface area contributed by atoms with Crippen LogP contribution in [0.15, 0.2) is 83.9 Å². The molecule has 186 valence electrons. The molecule has 7 heteroatoms. The first kappa shape index (κ1) is 25.0. The maximum Gasteiger partial charge on any atom is 0.243 e. The molecule has 7 nitrogen and oxygen atoms in total. The molecule has 3 aromatic rings. The van der Waals surface area contributed by atoms with Crippen molar-refractivity contribution >= 4 is 17.8 Å². The zero-order valence-electron chi connectivity index (χ0n) is 20.3. The molecule has 0 spiro atoms. The van der Waals surface area contributed by atoms with Crippen LogP contribution in [0.2, 0.25) is 0 Å². The van der Waals surface area contributed by atoms with E-state index in [1.807, 2.05) is 54.6 Å². The molecule has 0 bridgehead atoms. The molecule has 0 saturated heterocycles. The third kappa shape index (κ3) is 6.72. The minimum atomic E-state index is -0.664. The Morgan fingerprint density at radius 3 is 2.36 bits per heavy atom. The summed E-state index contributed by atoms with van der Waals surface area (Å²) in [6.07, 6.45) is 2.99. The number of fused-ring (bicyclic) bond motifs is 1. The van der Waals surface area contributed by atoms with Crippen molar-refractivity contribution in [2.45, 2.75) is 44.2 Å². The summed E-state index contributed by atoms with van der Waals surface area (Å²) in [6, 6.07) is 25.4. The Labute approximate surface area is 212 Å². The molecule has 1 unspecified atom stereocenters. The monoisotopic (exact) mass is 483 g/mol. The van der Waals surface area contributed by atoms with Crippen LogP contribution in [-0.4, -0.2) is 30.4 Å². The van der Waals surface area contributed by atoms with Crippen LogP contribution in [0.5, 0.6) is 0 Å². The van der Waals surface area contributed by atoms with E-state index in [9.17, 15) is 9.59 Å². The van der Waals surface area contributed by atoms with Crippen molar-refractivity contribution in [3.63, 3.8) is 0 Å². The first-order valence-electron chi connectivity index (χ1n) is 12.4. The SMILES string of the molecule is NC(N)=NCCCC(NC(=O)Cc1ccc(-c2ccccc2)cc1)C(=O)N[C@H]1CCc2ccccc21. The van der Waals surface area contributed by atoms with Crippen molar-refractivity contribution < 1.29 is 9.59 Å². The fraction of sp³-hybridized carbons (Fsp3) is 0.276. The zero-order chi connectivity index (χ0) is 25.3. The highest BCUT2D eigenvalue weighted by molar-refractivity contribution is 5.88. The van der Waals surface area contributed by atoms with Crippen molar-refractivity contribution in [3.8, 4) is 11.1 Å². The lowest BCUT2D eigenvalue weighted by Crippen LogP contribution is -2.48. The van der Waals surface area contributed by atoms with Crippen LogP contribution in [0.4, 0.5) is 0 Å². The molecule has 36 heavy (non-hydrogen) atoms. The van der Waals surface area contributed by atoms with Gasteiger partial charge in [-0.1, -0.05) is 78.9 Å². The molecule has 6 N–H and O–H groups in total. The van der Waals surface area contributed by atoms with E-state index in [2.05, 4.69) is 39.9 Å². The van der Waals surface area contributed by atoms with Crippen LogP contribution in [0.1, 0.15) is 42.0 Å². The number of nitrogens with zero attached hydrogens (tertiary/aromatic N) is 1. The molecule has 0 radical (unpaired) electrons. The summed E-state index contributed by atoms with van der Waals surface area (Å²) in [4.78, 5) is 30.1. The van der Waals surface area contributed by atoms with Gasteiger partial charge in [0.25, 0.3) is 0 Å². The Bertz CT molecular complexity index is 1200. The summed E-state index contributed by atoms with van der Waals surface area (Å²) in [7, 11) is 0. The summed E-state index contributed by atoms with van der Waals surface area (Å²) in [5, 5.41) is 6.08. The van der Waals surface area contributed by atoms with Crippen LogP contribution in [0, 0.1) is 0 Å². The summed E-state index contributed by atoms with van der Waals surface area (Å²) in [6.45, 7) is 0.398. The molecule has 0 fully saturated rings. The number of carbonyl (C=O) groups excluding carboxylic acids is 2. The van der Waals surface area contributed by atoms with Crippen molar-refractivity contribution in [1.82, 2.24) is 10.6 Å². The number of hydrogen-bond donors (Lipinski definition) is 4. The highest BCUT2D eigenvalue weighted by Crippen LogP contribution is 2.30. The average molecular weight is 484 g/mol. The van der Waals surface area contributed by atoms with Gasteiger partial charge in [0, 0.05) is 6.54 Å². The standard InChI is InChI=1S/C29H33N5O2/c30-29(31)32-18-6-11-26(28(36)34-25-17-16-23-9-4-5-10-24(23)25)33-27(35)19-20-12-14-22(15-13-20)21-7-2-1-3-8-21/h1-5,7-10,12-15,25-26H,6,11,16-19H2,(H,33,35)(H,34,36)(H4,30,31,32)/t25-,26?/m0/s1. The number of guanidine groups is 1. The lowest BCUT2D eigenvalue weighted by atomic mass is 10.0. The quantitative estimate of drug-likeness (QED) is 0.201. The Balaban J connectivity index is 1.38. The molecular weight excluding hydrogens is 450 g/mol. The molecule has 0 aliphatic heterocycles. The van der Waals surface area contributed by atoms with Crippen molar-refractivity contribution in [1.29, 1.82) is 0 Å². The number of nitrogens with one attached hydrogen (secondary N) is 2. The normalized spacial score (nSPS) is 14.9. The number of nitrogens with two attached hydrogens (primary N) is 2. The maximum atomic E-state index is 13.2. The van der Waals surface area contributed by atoms with E-state index in [1.54, 1.807) is 0 Å². The van der Waals surface area contributed by atoms with Gasteiger partial charge in [-0.2, -0.15) is 0 Å². The fourth-order valence-electron chi connectivity index (χ4n) is 4.63. The lowest BCUT2D eigenvalue weighted by molar-refractivity contribution is -0.129. The lowest BCUT2D eigenvalue weighted by Gasteiger charge is -2.22. The number of carbonyl (C=O) groups is 2. The van der Waals surface area contributed by atoms with E-state index in [0.29, 0.717) is 19.4 Å².